The number of aromatic hydroxyl groups is 1. The summed E-state index contributed by atoms with van der Waals surface area (Å²) in [5.74, 6) is -0.256. The summed E-state index contributed by atoms with van der Waals surface area (Å²) in [6, 6.07) is 11.2. The van der Waals surface area contributed by atoms with Gasteiger partial charge >= 0.3 is 6.09 Å². The van der Waals surface area contributed by atoms with Gasteiger partial charge in [0.15, 0.2) is 0 Å². The molecule has 2 atom stereocenters. The maximum Gasteiger partial charge on any atom is 0.408 e. The van der Waals surface area contributed by atoms with Crippen LogP contribution in [-0.4, -0.2) is 53.2 Å². The molecule has 0 aliphatic heterocycles. The second-order valence-corrected chi connectivity index (χ2v) is 10.9. The molecule has 0 aliphatic carbocycles. The summed E-state index contributed by atoms with van der Waals surface area (Å²) in [7, 11) is 1.56. The number of carbonyl (C=O) groups excluding carboxylic acids is 3. The molecule has 2 aromatic rings. The molecule has 40 heavy (non-hydrogen) atoms. The highest BCUT2D eigenvalue weighted by molar-refractivity contribution is 5.99. The van der Waals surface area contributed by atoms with E-state index in [2.05, 4.69) is 17.6 Å². The molecular formula is C31H45N3O6. The van der Waals surface area contributed by atoms with E-state index in [1.807, 2.05) is 0 Å². The van der Waals surface area contributed by atoms with E-state index in [-0.39, 0.29) is 5.75 Å². The Bertz CT molecular complexity index is 1100. The van der Waals surface area contributed by atoms with Crippen LogP contribution in [0.1, 0.15) is 84.7 Å². The van der Waals surface area contributed by atoms with Crippen molar-refractivity contribution in [1.29, 1.82) is 0 Å². The van der Waals surface area contributed by atoms with E-state index in [1.54, 1.807) is 71.2 Å². The quantitative estimate of drug-likeness (QED) is 0.240. The van der Waals surface area contributed by atoms with Crippen LogP contribution in [0.15, 0.2) is 48.5 Å². The van der Waals surface area contributed by atoms with E-state index in [9.17, 15) is 19.5 Å². The summed E-state index contributed by atoms with van der Waals surface area (Å²) in [4.78, 5) is 41.6. The van der Waals surface area contributed by atoms with Crippen molar-refractivity contribution in [3.05, 3.63) is 54.1 Å². The number of rotatable bonds is 14. The third-order valence-corrected chi connectivity index (χ3v) is 6.24. The van der Waals surface area contributed by atoms with E-state index < -0.39 is 35.6 Å². The van der Waals surface area contributed by atoms with Crippen LogP contribution in [0.25, 0.3) is 0 Å². The van der Waals surface area contributed by atoms with Gasteiger partial charge in [0.1, 0.15) is 29.2 Å². The van der Waals surface area contributed by atoms with E-state index in [0.717, 1.165) is 32.1 Å². The van der Waals surface area contributed by atoms with Gasteiger partial charge in [-0.1, -0.05) is 51.2 Å². The molecular weight excluding hydrogens is 510 g/mol. The molecule has 0 saturated carbocycles. The van der Waals surface area contributed by atoms with Gasteiger partial charge < -0.3 is 30.1 Å². The van der Waals surface area contributed by atoms with Crippen molar-refractivity contribution >= 4 is 23.6 Å². The van der Waals surface area contributed by atoms with Crippen LogP contribution in [-0.2, 0) is 14.3 Å². The molecule has 3 N–H and O–H groups in total. The smallest absolute Gasteiger partial charge is 0.408 e. The predicted molar refractivity (Wildman–Crippen MR) is 156 cm³/mol. The number of amides is 3. The highest BCUT2D eigenvalue weighted by atomic mass is 16.6. The van der Waals surface area contributed by atoms with Crippen LogP contribution in [0.5, 0.6) is 11.5 Å². The number of benzene rings is 2. The number of phenols is 1. The Hall–Kier alpha value is -3.75. The molecule has 2 rings (SSSR count). The highest BCUT2D eigenvalue weighted by Crippen LogP contribution is 2.28. The Morgan fingerprint density at radius 2 is 1.62 bits per heavy atom. The van der Waals surface area contributed by atoms with Gasteiger partial charge in [-0.3, -0.25) is 9.59 Å². The van der Waals surface area contributed by atoms with Gasteiger partial charge in [0.25, 0.3) is 5.91 Å². The first kappa shape index (κ1) is 32.5. The largest absolute Gasteiger partial charge is 0.508 e. The molecule has 0 fully saturated rings. The Labute approximate surface area is 238 Å². The van der Waals surface area contributed by atoms with Crippen LogP contribution in [0.3, 0.4) is 0 Å². The Morgan fingerprint density at radius 1 is 0.975 bits per heavy atom. The number of methoxy groups -OCH3 is 1. The van der Waals surface area contributed by atoms with Gasteiger partial charge in [-0.05, 0) is 76.1 Å². The molecule has 0 aliphatic rings. The first-order valence-corrected chi connectivity index (χ1v) is 14.0. The fourth-order valence-electron chi connectivity index (χ4n) is 4.28. The highest BCUT2D eigenvalue weighted by Gasteiger charge is 2.34. The standard InChI is InChI=1S/C31H45N3O6/c1-7-8-9-10-11-12-20-34(29(37)22(2)32-30(38)40-31(3,4)5)27(23-14-13-15-25(35)21-23)28(36)33-24-16-18-26(39-6)19-17-24/h13-19,21-22,27,35H,7-12,20H2,1-6H3,(H,32,38)(H,33,36). The molecule has 2 aromatic carbocycles. The van der Waals surface area contributed by atoms with Crippen molar-refractivity contribution in [1.82, 2.24) is 10.2 Å². The monoisotopic (exact) mass is 555 g/mol. The van der Waals surface area contributed by atoms with Crippen LogP contribution in [0, 0.1) is 0 Å². The minimum absolute atomic E-state index is 0.0216. The topological polar surface area (TPSA) is 117 Å². The Balaban J connectivity index is 2.38. The molecule has 0 spiro atoms. The first-order chi connectivity index (χ1) is 18.9. The van der Waals surface area contributed by atoms with Crippen molar-refractivity contribution in [3.63, 3.8) is 0 Å². The zero-order valence-electron chi connectivity index (χ0n) is 24.7. The summed E-state index contributed by atoms with van der Waals surface area (Å²) in [5, 5.41) is 15.7. The van der Waals surface area contributed by atoms with Gasteiger partial charge in [0, 0.05) is 12.2 Å². The molecule has 0 heterocycles. The number of unbranched alkanes of at least 4 members (excludes halogenated alkanes) is 5. The first-order valence-electron chi connectivity index (χ1n) is 14.0. The van der Waals surface area contributed by atoms with Crippen LogP contribution in [0.2, 0.25) is 0 Å². The normalized spacial score (nSPS) is 12.7. The fraction of sp³-hybridized carbons (Fsp3) is 0.516. The lowest BCUT2D eigenvalue weighted by atomic mass is 10.0. The molecule has 2 unspecified atom stereocenters. The molecule has 0 radical (unpaired) electrons. The Morgan fingerprint density at radius 3 is 2.23 bits per heavy atom. The molecule has 9 nitrogen and oxygen atoms in total. The van der Waals surface area contributed by atoms with Gasteiger partial charge in [0.2, 0.25) is 5.91 Å². The van der Waals surface area contributed by atoms with Crippen LogP contribution >= 0.6 is 0 Å². The number of ether oxygens (including phenoxy) is 2. The van der Waals surface area contributed by atoms with E-state index in [0.29, 0.717) is 30.0 Å². The lowest BCUT2D eigenvalue weighted by Crippen LogP contribution is -2.51. The maximum absolute atomic E-state index is 13.8. The molecule has 3 amide bonds. The second kappa shape index (κ2) is 15.7. The van der Waals surface area contributed by atoms with Gasteiger partial charge in [-0.2, -0.15) is 0 Å². The zero-order valence-corrected chi connectivity index (χ0v) is 24.7. The average molecular weight is 556 g/mol. The zero-order chi connectivity index (χ0) is 29.7. The molecule has 0 bridgehead atoms. The van der Waals surface area contributed by atoms with Crippen LogP contribution < -0.4 is 15.4 Å². The summed E-state index contributed by atoms with van der Waals surface area (Å²) in [6.07, 6.45) is 5.26. The number of anilines is 1. The molecule has 0 saturated heterocycles. The van der Waals surface area contributed by atoms with E-state index >= 15 is 0 Å². The molecule has 220 valence electrons. The van der Waals surface area contributed by atoms with Gasteiger partial charge in [-0.25, -0.2) is 4.79 Å². The number of nitrogens with zero attached hydrogens (tertiary/aromatic N) is 1. The summed E-state index contributed by atoms with van der Waals surface area (Å²) >= 11 is 0. The fourth-order valence-corrected chi connectivity index (χ4v) is 4.28. The number of hydrogen-bond donors (Lipinski definition) is 3. The van der Waals surface area contributed by atoms with E-state index in [4.69, 9.17) is 9.47 Å². The number of phenolic OH excluding ortho intramolecular Hbond substituents is 1. The maximum atomic E-state index is 13.8. The number of alkyl carbamates (subject to hydrolysis) is 1. The lowest BCUT2D eigenvalue weighted by molar-refractivity contribution is -0.140. The summed E-state index contributed by atoms with van der Waals surface area (Å²) < 4.78 is 10.5. The van der Waals surface area contributed by atoms with Crippen molar-refractivity contribution < 1.29 is 29.0 Å². The molecule has 0 aromatic heterocycles. The SMILES string of the molecule is CCCCCCCCN(C(=O)C(C)NC(=O)OC(C)(C)C)C(C(=O)Nc1ccc(OC)cc1)c1cccc(O)c1. The predicted octanol–water partition coefficient (Wildman–Crippen LogP) is 6.18. The minimum Gasteiger partial charge on any atom is -0.508 e. The third kappa shape index (κ3) is 10.8. The van der Waals surface area contributed by atoms with Crippen molar-refractivity contribution in [2.45, 2.75) is 90.8 Å². The summed E-state index contributed by atoms with van der Waals surface area (Å²) in [5.41, 5.74) is 0.255. The van der Waals surface area contributed by atoms with Crippen molar-refractivity contribution in [2.24, 2.45) is 0 Å². The van der Waals surface area contributed by atoms with E-state index in [1.165, 1.54) is 17.0 Å². The third-order valence-electron chi connectivity index (χ3n) is 6.24. The molecule has 9 heteroatoms. The van der Waals surface area contributed by atoms with Gasteiger partial charge in [-0.15, -0.1) is 0 Å². The van der Waals surface area contributed by atoms with Crippen molar-refractivity contribution in [2.75, 3.05) is 19.0 Å². The summed E-state index contributed by atoms with van der Waals surface area (Å²) in [6.45, 7) is 9.24. The second-order valence-electron chi connectivity index (χ2n) is 10.9. The lowest BCUT2D eigenvalue weighted by Gasteiger charge is -2.34. The number of nitrogens with one attached hydrogen (secondary N) is 2. The Kier molecular flexibility index (Phi) is 12.8. The van der Waals surface area contributed by atoms with Crippen LogP contribution in [0.4, 0.5) is 10.5 Å². The van der Waals surface area contributed by atoms with Crippen molar-refractivity contribution in [3.8, 4) is 11.5 Å². The minimum atomic E-state index is -1.06. The number of hydrogen-bond acceptors (Lipinski definition) is 6. The average Bonchev–Trinajstić information content (AvgIpc) is 2.88. The van der Waals surface area contributed by atoms with Gasteiger partial charge in [0.05, 0.1) is 7.11 Å². The number of carbonyl (C=O) groups is 3.